The summed E-state index contributed by atoms with van der Waals surface area (Å²) in [6.45, 7) is 56.5. The van der Waals surface area contributed by atoms with E-state index in [2.05, 4.69) is 375 Å². The first-order valence-electron chi connectivity index (χ1n) is 38.5. The smallest absolute Gasteiger partial charge is 0.252 e. The lowest BCUT2D eigenvalue weighted by molar-refractivity contribution is 0.568. The molecule has 16 rings (SSSR count). The molecule has 3 aromatic heterocycles. The fraction of sp³-hybridized carbons (Fsp3) is 0.320. The van der Waals surface area contributed by atoms with Gasteiger partial charge in [-0.1, -0.05) is 324 Å². The van der Waals surface area contributed by atoms with Crippen LogP contribution in [0.2, 0.25) is 0 Å². The molecule has 0 radical (unpaired) electrons. The molecule has 0 N–H and O–H groups in total. The van der Waals surface area contributed by atoms with E-state index in [9.17, 15) is 0 Å². The predicted molar refractivity (Wildman–Crippen MR) is 455 cm³/mol. The van der Waals surface area contributed by atoms with Gasteiger partial charge in [0.2, 0.25) is 0 Å². The number of benzene rings is 11. The van der Waals surface area contributed by atoms with Crippen LogP contribution >= 0.6 is 0 Å². The van der Waals surface area contributed by atoms with Crippen molar-refractivity contribution in [3.05, 3.63) is 245 Å². The summed E-state index contributed by atoms with van der Waals surface area (Å²) in [6.07, 6.45) is 0. The molecular formula is C100H105BN4. The Morgan fingerprint density at radius 1 is 0.267 bits per heavy atom. The maximum atomic E-state index is 5.77. The van der Waals surface area contributed by atoms with Crippen molar-refractivity contribution in [3.63, 3.8) is 0 Å². The second-order valence-electron chi connectivity index (χ2n) is 39.3. The highest BCUT2D eigenvalue weighted by Crippen LogP contribution is 2.50. The number of hydrogen-bond acceptors (Lipinski definition) is 2. The molecule has 11 aromatic carbocycles. The Bertz CT molecular complexity index is 5530. The van der Waals surface area contributed by atoms with Crippen LogP contribution in [-0.4, -0.2) is 25.8 Å². The lowest BCUT2D eigenvalue weighted by Crippen LogP contribution is -2.59. The Kier molecular flexibility index (Phi) is 15.6. The Morgan fingerprint density at radius 2 is 0.610 bits per heavy atom. The van der Waals surface area contributed by atoms with Gasteiger partial charge in [0.1, 0.15) is 0 Å². The molecule has 5 heterocycles. The first-order valence-corrected chi connectivity index (χ1v) is 38.5. The number of nitrogens with zero attached hydrogens (tertiary/aromatic N) is 4. The van der Waals surface area contributed by atoms with Crippen LogP contribution in [0.1, 0.15) is 211 Å². The number of hydrogen-bond donors (Lipinski definition) is 0. The molecule has 4 nitrogen and oxygen atoms in total. The topological polar surface area (TPSA) is 35.6 Å². The maximum Gasteiger partial charge on any atom is 0.252 e. The molecule has 0 amide bonds. The van der Waals surface area contributed by atoms with Crippen LogP contribution in [0.4, 0.5) is 0 Å². The summed E-state index contributed by atoms with van der Waals surface area (Å²) in [7, 11) is 0. The van der Waals surface area contributed by atoms with Gasteiger partial charge in [-0.15, -0.1) is 0 Å². The molecule has 0 aliphatic carbocycles. The Labute approximate surface area is 625 Å². The molecule has 0 spiro atoms. The van der Waals surface area contributed by atoms with Gasteiger partial charge in [0.15, 0.2) is 5.82 Å². The fourth-order valence-electron chi connectivity index (χ4n) is 16.7. The summed E-state index contributed by atoms with van der Waals surface area (Å²) in [6, 6.07) is 78.9. The van der Waals surface area contributed by atoms with Crippen molar-refractivity contribution in [2.24, 2.45) is 0 Å². The van der Waals surface area contributed by atoms with Crippen molar-refractivity contribution in [2.75, 3.05) is 0 Å². The molecule has 14 aromatic rings. The van der Waals surface area contributed by atoms with Gasteiger partial charge in [-0.3, -0.25) is 0 Å². The van der Waals surface area contributed by atoms with E-state index in [0.29, 0.717) is 5.82 Å². The molecule has 0 fully saturated rings. The number of fused-ring (bicyclic) bond motifs is 11. The van der Waals surface area contributed by atoms with Crippen molar-refractivity contribution >= 4 is 77.6 Å². The molecule has 528 valence electrons. The minimum Gasteiger partial charge on any atom is -0.310 e. The SMILES string of the molecule is CC(C)(C)c1cc(-c2ccc3c(c2)c2c(-c4cc(C(C)(C)C)cc(C(C)(C)C)c4)ccc4c2n3-c2cc(-c3nc(-c5ccccc5)c5ccccc5n3)cc3c2B4c2ccc(-c4cc(C(C)(C)C)cc(C(C)(C)C)c4)c4c5cc(-c6cc(C(C)(C)C)cc(C(C)(C)C)c6)ccc5n-3c24)cc(C(C)(C)C)c1. The van der Waals surface area contributed by atoms with E-state index in [1.807, 2.05) is 0 Å². The molecule has 0 saturated heterocycles. The summed E-state index contributed by atoms with van der Waals surface area (Å²) in [5.74, 6) is 0.691. The molecule has 105 heavy (non-hydrogen) atoms. The lowest BCUT2D eigenvalue weighted by atomic mass is 9.34. The zero-order valence-electron chi connectivity index (χ0n) is 66.9. The minimum absolute atomic E-state index is 0.0625. The van der Waals surface area contributed by atoms with Crippen molar-refractivity contribution in [3.8, 4) is 78.5 Å². The lowest BCUT2D eigenvalue weighted by Gasteiger charge is -2.34. The van der Waals surface area contributed by atoms with Gasteiger partial charge >= 0.3 is 0 Å². The highest BCUT2D eigenvalue weighted by Gasteiger charge is 2.43. The van der Waals surface area contributed by atoms with E-state index in [0.717, 1.165) is 39.1 Å². The van der Waals surface area contributed by atoms with E-state index in [1.54, 1.807) is 0 Å². The van der Waals surface area contributed by atoms with Crippen molar-refractivity contribution in [1.82, 2.24) is 19.1 Å². The van der Waals surface area contributed by atoms with Crippen molar-refractivity contribution in [1.29, 1.82) is 0 Å². The van der Waals surface area contributed by atoms with Crippen molar-refractivity contribution < 1.29 is 0 Å². The Morgan fingerprint density at radius 3 is 0.971 bits per heavy atom. The normalized spacial score (nSPS) is 13.7. The van der Waals surface area contributed by atoms with Crippen LogP contribution in [0, 0.1) is 0 Å². The van der Waals surface area contributed by atoms with Crippen LogP contribution in [-0.2, 0) is 43.3 Å². The first-order chi connectivity index (χ1) is 49.1. The van der Waals surface area contributed by atoms with Crippen molar-refractivity contribution in [2.45, 2.75) is 209 Å². The van der Waals surface area contributed by atoms with Gasteiger partial charge < -0.3 is 9.13 Å². The van der Waals surface area contributed by atoms with Gasteiger partial charge in [-0.25, -0.2) is 9.97 Å². The average molecular weight is 1370 g/mol. The Hall–Kier alpha value is -9.58. The predicted octanol–water partition coefficient (Wildman–Crippen LogP) is 25.3. The molecule has 0 unspecified atom stereocenters. The standard InChI is InChI=1S/C100H105BN4/c1-93(2,3)66-42-61(43-67(54-66)94(4,5)6)59-34-40-82-77(50-59)86-74(63-46-70(97(13,14)15)56-71(47-63)98(16,17)18)36-38-79-90(86)104(82)84-52-65(92-102-81-33-29-28-32-76(81)89(103-92)58-30-26-25-27-31-58)53-85-88(84)101(79)80-39-37-75(64-48-72(99(19,20)21)57-73(49-64)100(22,23)24)87-78-51-60(35-41-83(78)105(85)91(80)87)62-44-68(95(7,8)9)55-69(45-62)96(10,11)12/h25-57H,1-24H3. The quantitative estimate of drug-likeness (QED) is 0.156. The summed E-state index contributed by atoms with van der Waals surface area (Å²) < 4.78 is 5.36. The number of rotatable bonds is 6. The monoisotopic (exact) mass is 1370 g/mol. The van der Waals surface area contributed by atoms with Gasteiger partial charge in [0.25, 0.3) is 6.71 Å². The summed E-state index contributed by atoms with van der Waals surface area (Å²) in [5, 5.41) is 6.04. The average Bonchev–Trinajstić information content (AvgIpc) is 1.56. The fourth-order valence-corrected chi connectivity index (χ4v) is 16.7. The third kappa shape index (κ3) is 11.8. The molecule has 0 atom stereocenters. The minimum atomic E-state index is -0.171. The van der Waals surface area contributed by atoms with E-state index in [4.69, 9.17) is 9.97 Å². The third-order valence-corrected chi connectivity index (χ3v) is 23.3. The number of para-hydroxylation sites is 1. The molecule has 2 aliphatic heterocycles. The van der Waals surface area contributed by atoms with Crippen LogP contribution in [0.5, 0.6) is 0 Å². The van der Waals surface area contributed by atoms with E-state index >= 15 is 0 Å². The summed E-state index contributed by atoms with van der Waals surface area (Å²) in [5.41, 5.74) is 34.8. The molecule has 0 bridgehead atoms. The van der Waals surface area contributed by atoms with Gasteiger partial charge in [-0.2, -0.15) is 0 Å². The van der Waals surface area contributed by atoms with E-state index in [1.165, 1.54) is 149 Å². The zero-order chi connectivity index (χ0) is 74.7. The molecule has 2 aliphatic rings. The third-order valence-electron chi connectivity index (χ3n) is 23.3. The van der Waals surface area contributed by atoms with Gasteiger partial charge in [0, 0.05) is 60.5 Å². The first kappa shape index (κ1) is 69.8. The molecule has 5 heteroatoms. The second-order valence-corrected chi connectivity index (χ2v) is 39.3. The van der Waals surface area contributed by atoms with Crippen LogP contribution in [0.15, 0.2) is 200 Å². The zero-order valence-corrected chi connectivity index (χ0v) is 66.9. The maximum absolute atomic E-state index is 5.77. The van der Waals surface area contributed by atoms with Gasteiger partial charge in [-0.05, 0) is 191 Å². The van der Waals surface area contributed by atoms with E-state index < -0.39 is 0 Å². The largest absolute Gasteiger partial charge is 0.310 e. The summed E-state index contributed by atoms with van der Waals surface area (Å²) in [4.78, 5) is 11.4. The second kappa shape index (κ2) is 23.5. The molecular weight excluding hydrogens is 1270 g/mol. The van der Waals surface area contributed by atoms with E-state index in [-0.39, 0.29) is 50.0 Å². The van der Waals surface area contributed by atoms with Gasteiger partial charge in [0.05, 0.1) is 22.2 Å². The highest BCUT2D eigenvalue weighted by atomic mass is 15.0. The van der Waals surface area contributed by atoms with Crippen LogP contribution in [0.25, 0.3) is 133 Å². The van der Waals surface area contributed by atoms with Crippen LogP contribution < -0.4 is 16.4 Å². The van der Waals surface area contributed by atoms with Crippen LogP contribution in [0.3, 0.4) is 0 Å². The molecule has 0 saturated carbocycles. The Balaban J connectivity index is 1.09. The highest BCUT2D eigenvalue weighted by molar-refractivity contribution is 7.00. The summed E-state index contributed by atoms with van der Waals surface area (Å²) >= 11 is 0. The number of aromatic nitrogens is 4.